The van der Waals surface area contributed by atoms with Crippen molar-refractivity contribution >= 4 is 5.97 Å². The fourth-order valence-electron chi connectivity index (χ4n) is 1.59. The van der Waals surface area contributed by atoms with E-state index in [0.29, 0.717) is 13.1 Å². The molecule has 0 unspecified atom stereocenters. The Kier molecular flexibility index (Phi) is 4.49. The molecule has 16 heavy (non-hydrogen) atoms. The number of carbonyl (C=O) groups excluding carboxylic acids is 1. The highest BCUT2D eigenvalue weighted by atomic mass is 16.5. The van der Waals surface area contributed by atoms with Gasteiger partial charge in [-0.3, -0.25) is 14.4 Å². The maximum Gasteiger partial charge on any atom is 0.319 e. The lowest BCUT2D eigenvalue weighted by atomic mass is 10.2. The summed E-state index contributed by atoms with van der Waals surface area (Å²) < 4.78 is 6.56. The molecule has 0 saturated heterocycles. The molecule has 0 radical (unpaired) electrons. The van der Waals surface area contributed by atoms with Crippen LogP contribution >= 0.6 is 0 Å². The number of hydrogen-bond donors (Lipinski definition) is 0. The second kappa shape index (κ2) is 5.65. The summed E-state index contributed by atoms with van der Waals surface area (Å²) in [5, 5.41) is 4.26. The van der Waals surface area contributed by atoms with Gasteiger partial charge in [0.1, 0.15) is 0 Å². The number of aromatic nitrogens is 2. The Bertz CT molecular complexity index is 360. The van der Waals surface area contributed by atoms with Crippen LogP contribution in [-0.4, -0.2) is 41.4 Å². The average Bonchev–Trinajstić information content (AvgIpc) is 2.59. The largest absolute Gasteiger partial charge is 0.468 e. The van der Waals surface area contributed by atoms with Gasteiger partial charge in [0.05, 0.1) is 19.9 Å². The summed E-state index contributed by atoms with van der Waals surface area (Å²) in [5.74, 6) is -0.219. The summed E-state index contributed by atoms with van der Waals surface area (Å²) in [6.45, 7) is 5.97. The van der Waals surface area contributed by atoms with Crippen LogP contribution < -0.4 is 0 Å². The molecular formula is C11H19N3O2. The average molecular weight is 225 g/mol. The van der Waals surface area contributed by atoms with Gasteiger partial charge >= 0.3 is 5.97 Å². The van der Waals surface area contributed by atoms with Crippen molar-refractivity contribution in [3.63, 3.8) is 0 Å². The molecule has 0 bridgehead atoms. The van der Waals surface area contributed by atoms with Gasteiger partial charge in [-0.05, 0) is 20.9 Å². The molecule has 0 spiro atoms. The number of esters is 1. The van der Waals surface area contributed by atoms with Crippen LogP contribution in [0.15, 0.2) is 6.20 Å². The quantitative estimate of drug-likeness (QED) is 0.696. The van der Waals surface area contributed by atoms with E-state index >= 15 is 0 Å². The van der Waals surface area contributed by atoms with Crippen LogP contribution in [0.2, 0.25) is 0 Å². The molecule has 0 atom stereocenters. The van der Waals surface area contributed by atoms with E-state index in [0.717, 1.165) is 17.8 Å². The predicted molar refractivity (Wildman–Crippen MR) is 61.0 cm³/mol. The molecule has 5 heteroatoms. The topological polar surface area (TPSA) is 47.4 Å². The number of nitrogens with zero attached hydrogens (tertiary/aromatic N) is 3. The van der Waals surface area contributed by atoms with Crippen LogP contribution in [0.25, 0.3) is 0 Å². The van der Waals surface area contributed by atoms with Crippen LogP contribution in [-0.2, 0) is 22.6 Å². The van der Waals surface area contributed by atoms with Crippen molar-refractivity contribution in [1.29, 1.82) is 0 Å². The van der Waals surface area contributed by atoms with Crippen LogP contribution in [0.4, 0.5) is 0 Å². The van der Waals surface area contributed by atoms with Gasteiger partial charge in [-0.1, -0.05) is 0 Å². The first kappa shape index (κ1) is 12.7. The third-order valence-electron chi connectivity index (χ3n) is 2.57. The summed E-state index contributed by atoms with van der Waals surface area (Å²) >= 11 is 0. The normalized spacial score (nSPS) is 10.8. The van der Waals surface area contributed by atoms with E-state index in [1.807, 2.05) is 29.7 Å². The van der Waals surface area contributed by atoms with Crippen molar-refractivity contribution in [3.05, 3.63) is 17.5 Å². The van der Waals surface area contributed by atoms with Gasteiger partial charge in [-0.25, -0.2) is 0 Å². The monoisotopic (exact) mass is 225 g/mol. The standard InChI is InChI=1S/C11H19N3O2/c1-5-14-9(2)10(6-12-14)7-13(3)8-11(15)16-4/h6H,5,7-8H2,1-4H3. The number of rotatable bonds is 5. The van der Waals surface area contributed by atoms with Gasteiger partial charge in [0.2, 0.25) is 0 Å². The molecule has 1 rings (SSSR count). The summed E-state index contributed by atoms with van der Waals surface area (Å²) in [6.07, 6.45) is 1.85. The van der Waals surface area contributed by atoms with E-state index in [9.17, 15) is 4.79 Å². The van der Waals surface area contributed by atoms with E-state index in [4.69, 9.17) is 0 Å². The zero-order chi connectivity index (χ0) is 12.1. The molecule has 0 aliphatic rings. The van der Waals surface area contributed by atoms with Crippen molar-refractivity contribution in [1.82, 2.24) is 14.7 Å². The van der Waals surface area contributed by atoms with Gasteiger partial charge in [0, 0.05) is 24.3 Å². The summed E-state index contributed by atoms with van der Waals surface area (Å²) in [4.78, 5) is 13.0. The Morgan fingerprint density at radius 1 is 1.62 bits per heavy atom. The van der Waals surface area contributed by atoms with Crippen molar-refractivity contribution in [2.75, 3.05) is 20.7 Å². The molecule has 0 aliphatic carbocycles. The molecule has 1 heterocycles. The molecule has 0 aromatic carbocycles. The van der Waals surface area contributed by atoms with Crippen molar-refractivity contribution in [2.24, 2.45) is 0 Å². The number of hydrogen-bond acceptors (Lipinski definition) is 4. The van der Waals surface area contributed by atoms with Gasteiger partial charge in [0.25, 0.3) is 0 Å². The molecule has 90 valence electrons. The second-order valence-electron chi connectivity index (χ2n) is 3.82. The lowest BCUT2D eigenvalue weighted by molar-refractivity contribution is -0.141. The highest BCUT2D eigenvalue weighted by Gasteiger charge is 2.10. The molecule has 5 nitrogen and oxygen atoms in total. The molecule has 0 N–H and O–H groups in total. The zero-order valence-corrected chi connectivity index (χ0v) is 10.4. The van der Waals surface area contributed by atoms with E-state index in [1.54, 1.807) is 0 Å². The Morgan fingerprint density at radius 3 is 2.81 bits per heavy atom. The SMILES string of the molecule is CCn1ncc(CN(C)CC(=O)OC)c1C. The van der Waals surface area contributed by atoms with Crippen LogP contribution in [0.3, 0.4) is 0 Å². The van der Waals surface area contributed by atoms with Crippen molar-refractivity contribution in [3.8, 4) is 0 Å². The molecular weight excluding hydrogens is 206 g/mol. The van der Waals surface area contributed by atoms with E-state index < -0.39 is 0 Å². The highest BCUT2D eigenvalue weighted by molar-refractivity contribution is 5.71. The smallest absolute Gasteiger partial charge is 0.319 e. The third kappa shape index (κ3) is 3.06. The fourth-order valence-corrected chi connectivity index (χ4v) is 1.59. The number of likely N-dealkylation sites (N-methyl/N-ethyl adjacent to an activating group) is 1. The minimum absolute atomic E-state index is 0.219. The first-order chi connectivity index (χ1) is 7.58. The highest BCUT2D eigenvalue weighted by Crippen LogP contribution is 2.09. The number of methoxy groups -OCH3 is 1. The predicted octanol–water partition coefficient (Wildman–Crippen LogP) is 0.816. The first-order valence-electron chi connectivity index (χ1n) is 5.35. The Morgan fingerprint density at radius 2 is 2.31 bits per heavy atom. The maximum atomic E-state index is 11.1. The number of carbonyl (C=O) groups is 1. The number of ether oxygens (including phenoxy) is 1. The lowest BCUT2D eigenvalue weighted by Crippen LogP contribution is -2.26. The van der Waals surface area contributed by atoms with Crippen LogP contribution in [0.5, 0.6) is 0 Å². The molecule has 1 aromatic rings. The molecule has 0 fully saturated rings. The van der Waals surface area contributed by atoms with E-state index in [-0.39, 0.29) is 5.97 Å². The van der Waals surface area contributed by atoms with Crippen LogP contribution in [0.1, 0.15) is 18.2 Å². The Balaban J connectivity index is 2.59. The minimum Gasteiger partial charge on any atom is -0.468 e. The maximum absolute atomic E-state index is 11.1. The Labute approximate surface area is 96.0 Å². The fraction of sp³-hybridized carbons (Fsp3) is 0.636. The molecule has 0 amide bonds. The summed E-state index contributed by atoms with van der Waals surface area (Å²) in [6, 6.07) is 0. The van der Waals surface area contributed by atoms with E-state index in [1.165, 1.54) is 7.11 Å². The molecule has 0 saturated carbocycles. The van der Waals surface area contributed by atoms with Gasteiger partial charge in [0.15, 0.2) is 0 Å². The first-order valence-corrected chi connectivity index (χ1v) is 5.35. The number of aryl methyl sites for hydroxylation is 1. The Hall–Kier alpha value is -1.36. The third-order valence-corrected chi connectivity index (χ3v) is 2.57. The van der Waals surface area contributed by atoms with Crippen molar-refractivity contribution in [2.45, 2.75) is 26.9 Å². The molecule has 0 aliphatic heterocycles. The zero-order valence-electron chi connectivity index (χ0n) is 10.4. The summed E-state index contributed by atoms with van der Waals surface area (Å²) in [5.41, 5.74) is 2.30. The van der Waals surface area contributed by atoms with Gasteiger partial charge in [-0.15, -0.1) is 0 Å². The summed E-state index contributed by atoms with van der Waals surface area (Å²) in [7, 11) is 3.29. The molecule has 1 aromatic heterocycles. The van der Waals surface area contributed by atoms with Gasteiger partial charge < -0.3 is 4.74 Å². The van der Waals surface area contributed by atoms with Crippen molar-refractivity contribution < 1.29 is 9.53 Å². The van der Waals surface area contributed by atoms with E-state index in [2.05, 4.69) is 16.8 Å². The minimum atomic E-state index is -0.219. The van der Waals surface area contributed by atoms with Gasteiger partial charge in [-0.2, -0.15) is 5.10 Å². The lowest BCUT2D eigenvalue weighted by Gasteiger charge is -2.14. The second-order valence-corrected chi connectivity index (χ2v) is 3.82. The van der Waals surface area contributed by atoms with Crippen LogP contribution in [0, 0.1) is 6.92 Å².